The number of hydrogen-bond acceptors (Lipinski definition) is 11. The van der Waals surface area contributed by atoms with Crippen molar-refractivity contribution in [2.24, 2.45) is 23.3 Å². The number of β-amino-alcohol motifs (C(OH)–C–C–N with tert-alkyl or cyclic N) is 1. The van der Waals surface area contributed by atoms with Gasteiger partial charge in [0.05, 0.1) is 24.6 Å². The van der Waals surface area contributed by atoms with Gasteiger partial charge < -0.3 is 53.0 Å². The number of carbonyl (C=O) groups excluding carboxylic acids is 7. The number of phenolic OH excluding ortho intramolecular Hbond substituents is 1. The van der Waals surface area contributed by atoms with Crippen LogP contribution in [0.4, 0.5) is 0 Å². The number of phenols is 1. The number of aliphatic hydroxyl groups is 1. The number of nitrogens with two attached hydrogens (primary N) is 2. The summed E-state index contributed by atoms with van der Waals surface area (Å²) in [5, 5.41) is 35.0. The van der Waals surface area contributed by atoms with Gasteiger partial charge >= 0.3 is 0 Å². The van der Waals surface area contributed by atoms with Crippen molar-refractivity contribution in [2.75, 3.05) is 19.7 Å². The van der Waals surface area contributed by atoms with Crippen molar-refractivity contribution in [2.45, 2.75) is 109 Å². The van der Waals surface area contributed by atoms with Crippen LogP contribution in [0, 0.1) is 11.8 Å². The molecule has 322 valence electrons. The summed E-state index contributed by atoms with van der Waals surface area (Å²) in [4.78, 5) is 93.9. The van der Waals surface area contributed by atoms with E-state index < -0.39 is 96.7 Å². The molecule has 0 aliphatic carbocycles. The number of primary amides is 2. The number of amides is 7. The van der Waals surface area contributed by atoms with Crippen LogP contribution in [0.2, 0.25) is 0 Å². The predicted molar refractivity (Wildman–Crippen MR) is 215 cm³/mol. The van der Waals surface area contributed by atoms with E-state index in [0.717, 1.165) is 0 Å². The normalized spacial score (nSPS) is 22.5. The van der Waals surface area contributed by atoms with E-state index in [1.54, 1.807) is 55.1 Å². The Bertz CT molecular complexity index is 1810. The molecule has 2 aromatic rings. The molecule has 2 bridgehead atoms. The molecular weight excluding hydrogens is 764 g/mol. The van der Waals surface area contributed by atoms with E-state index in [1.165, 1.54) is 12.1 Å². The largest absolute Gasteiger partial charge is 0.508 e. The Labute approximate surface area is 343 Å². The first-order valence-corrected chi connectivity index (χ1v) is 20.0. The van der Waals surface area contributed by atoms with Crippen LogP contribution in [0.5, 0.6) is 11.5 Å². The van der Waals surface area contributed by atoms with Gasteiger partial charge in [-0.2, -0.15) is 0 Å². The average Bonchev–Trinajstić information content (AvgIpc) is 3.65. The number of carbonyl (C=O) groups is 7. The van der Waals surface area contributed by atoms with Gasteiger partial charge in [-0.3, -0.25) is 38.5 Å². The molecule has 0 saturated carbocycles. The Kier molecular flexibility index (Phi) is 16.6. The monoisotopic (exact) mass is 822 g/mol. The minimum atomic E-state index is -1.50. The molecule has 3 heterocycles. The molecule has 0 aromatic heterocycles. The van der Waals surface area contributed by atoms with Crippen molar-refractivity contribution < 1.29 is 48.5 Å². The first-order chi connectivity index (χ1) is 27.9. The second-order valence-electron chi connectivity index (χ2n) is 15.7. The number of nitrogens with one attached hydrogen (secondary N) is 5. The average molecular weight is 823 g/mol. The summed E-state index contributed by atoms with van der Waals surface area (Å²) in [6.07, 6.45) is -0.275. The van der Waals surface area contributed by atoms with Crippen LogP contribution in [-0.2, 0) is 46.4 Å². The van der Waals surface area contributed by atoms with Crippen LogP contribution in [0.25, 0.3) is 0 Å². The second kappa shape index (κ2) is 21.3. The number of hydrogen-bond donors (Lipinski definition) is 9. The molecule has 1 unspecified atom stereocenters. The Morgan fingerprint density at radius 3 is 2.17 bits per heavy atom. The zero-order valence-electron chi connectivity index (χ0n) is 33.9. The van der Waals surface area contributed by atoms with Gasteiger partial charge in [-0.15, -0.1) is 0 Å². The molecule has 8 atom stereocenters. The molecule has 5 rings (SSSR count). The van der Waals surface area contributed by atoms with Crippen LogP contribution in [0.15, 0.2) is 48.5 Å². The molecule has 59 heavy (non-hydrogen) atoms. The van der Waals surface area contributed by atoms with Gasteiger partial charge in [-0.25, -0.2) is 0 Å². The number of aromatic hydroxyl groups is 1. The lowest BCUT2D eigenvalue weighted by Crippen LogP contribution is -2.60. The molecule has 1 fully saturated rings. The van der Waals surface area contributed by atoms with Crippen molar-refractivity contribution in [1.29, 1.82) is 0 Å². The van der Waals surface area contributed by atoms with Gasteiger partial charge in [-0.05, 0) is 73.0 Å². The van der Waals surface area contributed by atoms with Crippen LogP contribution in [0.1, 0.15) is 64.5 Å². The third kappa shape index (κ3) is 13.4. The zero-order chi connectivity index (χ0) is 43.4. The van der Waals surface area contributed by atoms with E-state index in [0.29, 0.717) is 42.7 Å². The Balaban J connectivity index is 1.57. The number of likely N-dealkylation sites (tertiary alicyclic amines) is 1. The van der Waals surface area contributed by atoms with Crippen LogP contribution >= 0.6 is 0 Å². The number of nitrogens with zero attached hydrogens (tertiary/aromatic N) is 1. The number of rotatable bonds is 15. The number of benzene rings is 2. The summed E-state index contributed by atoms with van der Waals surface area (Å²) in [6.45, 7) is 7.10. The fourth-order valence-electron chi connectivity index (χ4n) is 7.16. The molecular formula is C41H58N8O10. The van der Waals surface area contributed by atoms with Gasteiger partial charge in [0.2, 0.25) is 35.4 Å². The maximum Gasteiger partial charge on any atom is 0.258 e. The van der Waals surface area contributed by atoms with E-state index >= 15 is 0 Å². The lowest BCUT2D eigenvalue weighted by atomic mass is 9.96. The first kappa shape index (κ1) is 45.9. The molecule has 7 amide bonds. The minimum absolute atomic E-state index is 0.00379. The highest BCUT2D eigenvalue weighted by Gasteiger charge is 2.38. The predicted octanol–water partition coefficient (Wildman–Crippen LogP) is -1.12. The van der Waals surface area contributed by atoms with Gasteiger partial charge in [0.15, 0.2) is 6.61 Å². The van der Waals surface area contributed by atoms with Crippen molar-refractivity contribution in [3.63, 3.8) is 0 Å². The zero-order valence-corrected chi connectivity index (χ0v) is 33.9. The number of aliphatic hydroxyl groups excluding tert-OH is 1. The smallest absolute Gasteiger partial charge is 0.258 e. The van der Waals surface area contributed by atoms with Gasteiger partial charge in [0, 0.05) is 13.0 Å². The maximum atomic E-state index is 13.9. The molecule has 3 aliphatic rings. The fourth-order valence-corrected chi connectivity index (χ4v) is 7.16. The first-order valence-electron chi connectivity index (χ1n) is 20.0. The highest BCUT2D eigenvalue weighted by atomic mass is 16.5. The van der Waals surface area contributed by atoms with Crippen LogP contribution in [0.3, 0.4) is 0 Å². The van der Waals surface area contributed by atoms with Gasteiger partial charge in [-0.1, -0.05) is 58.4 Å². The highest BCUT2D eigenvalue weighted by molar-refractivity contribution is 5.95. The summed E-state index contributed by atoms with van der Waals surface area (Å²) < 4.78 is 5.67. The summed E-state index contributed by atoms with van der Waals surface area (Å²) >= 11 is 0. The quantitative estimate of drug-likeness (QED) is 0.0971. The van der Waals surface area contributed by atoms with Crippen molar-refractivity contribution in [1.82, 2.24) is 31.5 Å². The minimum Gasteiger partial charge on any atom is -0.508 e. The molecule has 2 aromatic carbocycles. The highest BCUT2D eigenvalue weighted by Crippen LogP contribution is 2.22. The van der Waals surface area contributed by atoms with E-state index in [2.05, 4.69) is 26.6 Å². The molecule has 11 N–H and O–H groups in total. The van der Waals surface area contributed by atoms with Crippen LogP contribution in [-0.4, -0.2) is 119 Å². The van der Waals surface area contributed by atoms with Gasteiger partial charge in [0.1, 0.15) is 35.7 Å². The maximum absolute atomic E-state index is 13.9. The number of fused-ring (bicyclic) bond motifs is 13. The fraction of sp³-hybridized carbons (Fsp3) is 0.537. The Morgan fingerprint density at radius 2 is 1.56 bits per heavy atom. The van der Waals surface area contributed by atoms with E-state index in [9.17, 15) is 43.8 Å². The lowest BCUT2D eigenvalue weighted by molar-refractivity contribution is -0.135. The van der Waals surface area contributed by atoms with Crippen molar-refractivity contribution in [3.8, 4) is 11.5 Å². The number of ether oxygens (including phenoxy) is 1. The molecule has 0 spiro atoms. The van der Waals surface area contributed by atoms with Gasteiger partial charge in [0.25, 0.3) is 5.91 Å². The lowest BCUT2D eigenvalue weighted by Gasteiger charge is -2.33. The summed E-state index contributed by atoms with van der Waals surface area (Å²) in [5.74, 6) is -5.04. The standard InChI is InChI=1S/C41H58N8O10/c1-5-23(4)36(41(58)47-35(22(2)3)37(43)54)48-40(57)31-7-6-16-49(31)20-32(51)28-17-25-10-14-27(15-11-25)59-21-34(53)44-29(18-24-8-12-26(50)13-9-24)38(55)46-30(19-33(42)52)39(56)45-28/h8-15,22-23,28-32,35-36,50-51H,5-7,16-21H2,1-4H3,(H2,42,52)(H2,43,54)(H,44,53)(H,45,56)(H,46,55)(H,47,58)(H,48,57)/t23?,28-,29-,30-,31-,32+,35-,36-/m0/s1. The summed E-state index contributed by atoms with van der Waals surface area (Å²) in [7, 11) is 0. The molecule has 18 nitrogen and oxygen atoms in total. The van der Waals surface area contributed by atoms with Crippen molar-refractivity contribution in [3.05, 3.63) is 59.7 Å². The molecule has 1 saturated heterocycles. The third-order valence-corrected chi connectivity index (χ3v) is 10.8. The summed E-state index contributed by atoms with van der Waals surface area (Å²) in [5.41, 5.74) is 12.3. The summed E-state index contributed by atoms with van der Waals surface area (Å²) in [6, 6.07) is 6.24. The topological polar surface area (TPSA) is 285 Å². The third-order valence-electron chi connectivity index (χ3n) is 10.8. The molecule has 3 aliphatic heterocycles. The van der Waals surface area contributed by atoms with E-state index in [1.807, 2.05) is 13.8 Å². The second-order valence-corrected chi connectivity index (χ2v) is 15.7. The van der Waals surface area contributed by atoms with Crippen molar-refractivity contribution >= 4 is 41.4 Å². The van der Waals surface area contributed by atoms with Crippen LogP contribution < -0.4 is 42.8 Å². The Morgan fingerprint density at radius 1 is 0.898 bits per heavy atom. The van der Waals surface area contributed by atoms with E-state index in [-0.39, 0.29) is 37.0 Å². The molecule has 0 radical (unpaired) electrons. The molecule has 18 heteroatoms. The SMILES string of the molecule is CCC(C)[C@H](NC(=O)[C@@H]1CCCN1C[C@@H](O)[C@@H]1Cc2ccc(cc2)OCC(=O)N[C@@H](Cc2ccc(O)cc2)C(=O)N[C@@H](CC(N)=O)C(=O)N1)C(=O)N[C@H](C(N)=O)C(C)C. The van der Waals surface area contributed by atoms with E-state index in [4.69, 9.17) is 16.2 Å². The Hall–Kier alpha value is -5.75.